The predicted molar refractivity (Wildman–Crippen MR) is 99.2 cm³/mol. The van der Waals surface area contributed by atoms with Crippen molar-refractivity contribution < 1.29 is 0 Å². The summed E-state index contributed by atoms with van der Waals surface area (Å²) in [6.45, 7) is 0. The normalized spacial score (nSPS) is 11.0. The van der Waals surface area contributed by atoms with Crippen LogP contribution in [0.2, 0.25) is 0 Å². The van der Waals surface area contributed by atoms with Crippen LogP contribution in [0.15, 0.2) is 52.6 Å². The van der Waals surface area contributed by atoms with Gasteiger partial charge in [0.25, 0.3) is 0 Å². The molecule has 0 aromatic carbocycles. The Labute approximate surface area is 151 Å². The van der Waals surface area contributed by atoms with Gasteiger partial charge in [-0.1, -0.05) is 17.8 Å². The number of rotatable bonds is 5. The molecule has 0 aliphatic rings. The Morgan fingerprint density at radius 1 is 1.17 bits per heavy atom. The molecule has 4 aromatic heterocycles. The molecule has 8 heteroatoms. The minimum absolute atomic E-state index is 0.779. The number of pyridine rings is 1. The smallest absolute Gasteiger partial charge is 0.191 e. The van der Waals surface area contributed by atoms with Gasteiger partial charge in [-0.25, -0.2) is 4.98 Å². The Hall–Kier alpha value is -2.03. The van der Waals surface area contributed by atoms with E-state index in [0.29, 0.717) is 0 Å². The standard InChI is InChI=1S/C16H13N5S3/c1-21-14(11-4-2-6-17-8-11)19-20-16(21)24-10-12-9-23-15(18-12)13-5-3-7-22-13/h2-9H,10H2,1H3. The van der Waals surface area contributed by atoms with Gasteiger partial charge in [0.2, 0.25) is 0 Å². The van der Waals surface area contributed by atoms with Crippen LogP contribution < -0.4 is 0 Å². The highest BCUT2D eigenvalue weighted by Crippen LogP contribution is 2.30. The fourth-order valence-corrected chi connectivity index (χ4v) is 4.76. The van der Waals surface area contributed by atoms with Gasteiger partial charge in [0.15, 0.2) is 11.0 Å². The van der Waals surface area contributed by atoms with E-state index in [9.17, 15) is 0 Å². The molecule has 5 nitrogen and oxygen atoms in total. The summed E-state index contributed by atoms with van der Waals surface area (Å²) in [5, 5.41) is 14.7. The molecule has 4 heterocycles. The van der Waals surface area contributed by atoms with Crippen LogP contribution in [0.4, 0.5) is 0 Å². The summed E-state index contributed by atoms with van der Waals surface area (Å²) in [5.74, 6) is 1.60. The molecule has 0 spiro atoms. The first-order chi connectivity index (χ1) is 11.8. The number of thiophene rings is 1. The van der Waals surface area contributed by atoms with Crippen molar-refractivity contribution in [2.75, 3.05) is 0 Å². The minimum atomic E-state index is 0.779. The molecule has 120 valence electrons. The Bertz CT molecular complexity index is 928. The summed E-state index contributed by atoms with van der Waals surface area (Å²) in [7, 11) is 1.97. The highest BCUT2D eigenvalue weighted by molar-refractivity contribution is 7.98. The first-order valence-corrected chi connectivity index (χ1v) is 9.96. The van der Waals surface area contributed by atoms with E-state index in [1.165, 1.54) is 4.88 Å². The van der Waals surface area contributed by atoms with Gasteiger partial charge in [-0.2, -0.15) is 0 Å². The average molecular weight is 372 g/mol. The van der Waals surface area contributed by atoms with Gasteiger partial charge in [0.1, 0.15) is 5.01 Å². The molecule has 0 saturated heterocycles. The summed E-state index contributed by atoms with van der Waals surface area (Å²) in [6.07, 6.45) is 3.55. The maximum absolute atomic E-state index is 4.70. The first kappa shape index (κ1) is 15.5. The maximum Gasteiger partial charge on any atom is 0.191 e. The van der Waals surface area contributed by atoms with Crippen molar-refractivity contribution in [2.24, 2.45) is 7.05 Å². The van der Waals surface area contributed by atoms with Gasteiger partial charge in [-0.15, -0.1) is 32.9 Å². The molecule has 0 unspecified atom stereocenters. The van der Waals surface area contributed by atoms with E-state index in [4.69, 9.17) is 4.98 Å². The van der Waals surface area contributed by atoms with Crippen LogP contribution in [0.3, 0.4) is 0 Å². The molecule has 0 amide bonds. The van der Waals surface area contributed by atoms with Gasteiger partial charge >= 0.3 is 0 Å². The lowest BCUT2D eigenvalue weighted by molar-refractivity contribution is 0.793. The lowest BCUT2D eigenvalue weighted by Gasteiger charge is -2.02. The van der Waals surface area contributed by atoms with E-state index in [1.807, 2.05) is 23.7 Å². The third-order valence-corrected chi connectivity index (χ3v) is 6.37. The van der Waals surface area contributed by atoms with Crippen molar-refractivity contribution in [1.82, 2.24) is 24.7 Å². The van der Waals surface area contributed by atoms with Crippen LogP contribution in [0, 0.1) is 0 Å². The SMILES string of the molecule is Cn1c(SCc2csc(-c3cccs3)n2)nnc1-c1cccnc1. The van der Waals surface area contributed by atoms with Crippen molar-refractivity contribution >= 4 is 34.4 Å². The lowest BCUT2D eigenvalue weighted by Crippen LogP contribution is -1.95. The highest BCUT2D eigenvalue weighted by atomic mass is 32.2. The topological polar surface area (TPSA) is 56.5 Å². The number of hydrogen-bond donors (Lipinski definition) is 0. The number of aromatic nitrogens is 5. The van der Waals surface area contributed by atoms with Crippen LogP contribution in [-0.2, 0) is 12.8 Å². The summed E-state index contributed by atoms with van der Waals surface area (Å²) < 4.78 is 1.99. The predicted octanol–water partition coefficient (Wildman–Crippen LogP) is 4.35. The van der Waals surface area contributed by atoms with Gasteiger partial charge in [0.05, 0.1) is 10.6 Å². The van der Waals surface area contributed by atoms with Crippen molar-refractivity contribution in [3.8, 4) is 21.3 Å². The van der Waals surface area contributed by atoms with Gasteiger partial charge < -0.3 is 4.57 Å². The second-order valence-corrected chi connectivity index (χ2v) is 7.77. The third-order valence-electron chi connectivity index (χ3n) is 3.39. The summed E-state index contributed by atoms with van der Waals surface area (Å²) >= 11 is 5.04. The van der Waals surface area contributed by atoms with E-state index in [-0.39, 0.29) is 0 Å². The molecule has 24 heavy (non-hydrogen) atoms. The van der Waals surface area contributed by atoms with E-state index >= 15 is 0 Å². The Kier molecular flexibility index (Phi) is 4.42. The second-order valence-electron chi connectivity index (χ2n) is 5.02. The molecular formula is C16H13N5S3. The second kappa shape index (κ2) is 6.84. The number of thioether (sulfide) groups is 1. The van der Waals surface area contributed by atoms with E-state index in [0.717, 1.165) is 33.0 Å². The van der Waals surface area contributed by atoms with Crippen molar-refractivity contribution in [1.29, 1.82) is 0 Å². The molecule has 0 fully saturated rings. The van der Waals surface area contributed by atoms with Gasteiger partial charge in [0, 0.05) is 36.1 Å². The number of thiazole rings is 1. The zero-order valence-corrected chi connectivity index (χ0v) is 15.2. The molecule has 4 aromatic rings. The molecule has 0 atom stereocenters. The zero-order chi connectivity index (χ0) is 16.4. The molecule has 0 saturated carbocycles. The minimum Gasteiger partial charge on any atom is -0.305 e. The summed E-state index contributed by atoms with van der Waals surface area (Å²) in [4.78, 5) is 10.1. The van der Waals surface area contributed by atoms with Crippen molar-refractivity contribution in [2.45, 2.75) is 10.9 Å². The summed E-state index contributed by atoms with van der Waals surface area (Å²) in [6, 6.07) is 8.04. The largest absolute Gasteiger partial charge is 0.305 e. The zero-order valence-electron chi connectivity index (χ0n) is 12.8. The average Bonchev–Trinajstić information content (AvgIpc) is 3.35. The monoisotopic (exact) mass is 371 g/mol. The van der Waals surface area contributed by atoms with E-state index in [2.05, 4.69) is 38.1 Å². The van der Waals surface area contributed by atoms with Crippen LogP contribution in [0.5, 0.6) is 0 Å². The fourth-order valence-electron chi connectivity index (χ4n) is 2.21. The molecule has 0 radical (unpaired) electrons. The van der Waals surface area contributed by atoms with E-state index in [1.54, 1.807) is 46.8 Å². The first-order valence-electron chi connectivity index (χ1n) is 7.22. The van der Waals surface area contributed by atoms with Crippen LogP contribution in [0.25, 0.3) is 21.3 Å². The Morgan fingerprint density at radius 3 is 2.92 bits per heavy atom. The van der Waals surface area contributed by atoms with Crippen LogP contribution in [-0.4, -0.2) is 24.7 Å². The number of hydrogen-bond acceptors (Lipinski definition) is 7. The summed E-state index contributed by atoms with van der Waals surface area (Å²) in [5.41, 5.74) is 2.03. The molecular weight excluding hydrogens is 358 g/mol. The molecule has 4 rings (SSSR count). The van der Waals surface area contributed by atoms with Crippen molar-refractivity contribution in [3.63, 3.8) is 0 Å². The molecule has 0 aliphatic heterocycles. The highest BCUT2D eigenvalue weighted by Gasteiger charge is 2.12. The van der Waals surface area contributed by atoms with Crippen LogP contribution >= 0.6 is 34.4 Å². The van der Waals surface area contributed by atoms with Gasteiger partial charge in [-0.05, 0) is 23.6 Å². The molecule has 0 N–H and O–H groups in total. The number of nitrogens with zero attached hydrogens (tertiary/aromatic N) is 5. The van der Waals surface area contributed by atoms with Gasteiger partial charge in [-0.3, -0.25) is 4.98 Å². The van der Waals surface area contributed by atoms with E-state index < -0.39 is 0 Å². The lowest BCUT2D eigenvalue weighted by atomic mass is 10.3. The quantitative estimate of drug-likeness (QED) is 0.488. The Morgan fingerprint density at radius 2 is 2.12 bits per heavy atom. The Balaban J connectivity index is 1.48. The molecule has 0 aliphatic carbocycles. The molecule has 0 bridgehead atoms. The van der Waals surface area contributed by atoms with Crippen LogP contribution in [0.1, 0.15) is 5.69 Å². The maximum atomic E-state index is 4.70. The van der Waals surface area contributed by atoms with Crippen molar-refractivity contribution in [3.05, 3.63) is 53.1 Å². The fraction of sp³-hybridized carbons (Fsp3) is 0.125. The third kappa shape index (κ3) is 3.12.